The van der Waals surface area contributed by atoms with Crippen LogP contribution in [0.3, 0.4) is 0 Å². The number of sulfonamides is 1. The molecule has 1 aliphatic heterocycles. The van der Waals surface area contributed by atoms with Gasteiger partial charge in [-0.2, -0.15) is 0 Å². The Morgan fingerprint density at radius 3 is 2.68 bits per heavy atom. The third kappa shape index (κ3) is 4.14. The van der Waals surface area contributed by atoms with Crippen LogP contribution >= 0.6 is 0 Å². The van der Waals surface area contributed by atoms with Crippen LogP contribution in [0.1, 0.15) is 30.0 Å². The number of benzene rings is 2. The zero-order chi connectivity index (χ0) is 20.5. The number of hydrogen-bond acceptors (Lipinski definition) is 4. The Labute approximate surface area is 166 Å². The summed E-state index contributed by atoms with van der Waals surface area (Å²) in [6.07, 6.45) is 1.45. The Morgan fingerprint density at radius 1 is 1.25 bits per heavy atom. The average molecular weight is 403 g/mol. The maximum Gasteiger partial charge on any atom is 0.265 e. The summed E-state index contributed by atoms with van der Waals surface area (Å²) in [5, 5.41) is 2.99. The van der Waals surface area contributed by atoms with Gasteiger partial charge in [0.25, 0.3) is 5.91 Å². The second-order valence-corrected chi connectivity index (χ2v) is 9.06. The van der Waals surface area contributed by atoms with E-state index >= 15 is 0 Å². The summed E-state index contributed by atoms with van der Waals surface area (Å²) in [6, 6.07) is 11.2. The molecule has 1 heterocycles. The molecule has 3 rings (SSSR count). The van der Waals surface area contributed by atoms with Crippen LogP contribution in [-0.2, 0) is 21.2 Å². The fourth-order valence-corrected chi connectivity index (χ4v) is 4.36. The van der Waals surface area contributed by atoms with E-state index in [9.17, 15) is 13.2 Å². The van der Waals surface area contributed by atoms with Gasteiger partial charge >= 0.3 is 0 Å². The monoisotopic (exact) mass is 402 g/mol. The second kappa shape index (κ2) is 7.83. The third-order valence-electron chi connectivity index (χ3n) is 4.93. The molecule has 0 aromatic heterocycles. The summed E-state index contributed by atoms with van der Waals surface area (Å²) in [4.78, 5) is 13.0. The van der Waals surface area contributed by atoms with E-state index in [0.29, 0.717) is 11.4 Å². The molecule has 28 heavy (non-hydrogen) atoms. The molecule has 2 aromatic rings. The number of aryl methyl sites for hydroxylation is 3. The normalized spacial score (nSPS) is 16.7. The van der Waals surface area contributed by atoms with Crippen molar-refractivity contribution in [1.29, 1.82) is 0 Å². The number of amides is 1. The van der Waals surface area contributed by atoms with Crippen LogP contribution in [0.4, 0.5) is 11.4 Å². The standard InChI is InChI=1S/C21H26N2O4S/c1-5-16-8-6-7-15(3)20(16)22-21(24)19-11-12-23(28(4,25)26)17-13-14(2)9-10-18(17)27-19/h6-10,13,19H,5,11-12H2,1-4H3,(H,22,24)/t19-/m0/s1. The number of nitrogens with one attached hydrogen (secondary N) is 1. The molecule has 0 fully saturated rings. The van der Waals surface area contributed by atoms with Gasteiger partial charge in [-0.1, -0.05) is 31.2 Å². The fraction of sp³-hybridized carbons (Fsp3) is 0.381. The number of rotatable bonds is 4. The molecule has 0 saturated heterocycles. The van der Waals surface area contributed by atoms with Gasteiger partial charge in [-0.15, -0.1) is 0 Å². The minimum absolute atomic E-state index is 0.182. The molecule has 1 aliphatic rings. The maximum atomic E-state index is 13.0. The van der Waals surface area contributed by atoms with Gasteiger partial charge in [0.15, 0.2) is 6.10 Å². The van der Waals surface area contributed by atoms with E-state index in [-0.39, 0.29) is 18.9 Å². The highest BCUT2D eigenvalue weighted by molar-refractivity contribution is 7.92. The highest BCUT2D eigenvalue weighted by Gasteiger charge is 2.31. The summed E-state index contributed by atoms with van der Waals surface area (Å²) in [6.45, 7) is 6.06. The third-order valence-corrected chi connectivity index (χ3v) is 6.11. The van der Waals surface area contributed by atoms with Gasteiger partial charge in [0.05, 0.1) is 11.9 Å². The van der Waals surface area contributed by atoms with Gasteiger partial charge in [0.2, 0.25) is 10.0 Å². The Kier molecular flexibility index (Phi) is 5.65. The fourth-order valence-electron chi connectivity index (χ4n) is 3.42. The summed E-state index contributed by atoms with van der Waals surface area (Å²) in [5.74, 6) is 0.125. The summed E-state index contributed by atoms with van der Waals surface area (Å²) in [7, 11) is -3.48. The number of carbonyl (C=O) groups is 1. The van der Waals surface area contributed by atoms with E-state index < -0.39 is 16.1 Å². The van der Waals surface area contributed by atoms with E-state index in [4.69, 9.17) is 4.74 Å². The maximum absolute atomic E-state index is 13.0. The molecule has 6 nitrogen and oxygen atoms in total. The van der Waals surface area contributed by atoms with Crippen molar-refractivity contribution in [3.63, 3.8) is 0 Å². The Hall–Kier alpha value is -2.54. The number of para-hydroxylation sites is 1. The van der Waals surface area contributed by atoms with Crippen molar-refractivity contribution in [2.45, 2.75) is 39.7 Å². The quantitative estimate of drug-likeness (QED) is 0.850. The van der Waals surface area contributed by atoms with Crippen LogP contribution < -0.4 is 14.4 Å². The average Bonchev–Trinajstić information content (AvgIpc) is 2.82. The van der Waals surface area contributed by atoms with Gasteiger partial charge < -0.3 is 10.1 Å². The Balaban J connectivity index is 1.91. The highest BCUT2D eigenvalue weighted by Crippen LogP contribution is 2.35. The topological polar surface area (TPSA) is 75.7 Å². The first-order valence-corrected chi connectivity index (χ1v) is 11.2. The predicted octanol–water partition coefficient (Wildman–Crippen LogP) is 3.42. The first-order chi connectivity index (χ1) is 13.2. The lowest BCUT2D eigenvalue weighted by molar-refractivity contribution is -0.122. The summed E-state index contributed by atoms with van der Waals surface area (Å²) < 4.78 is 31.8. The van der Waals surface area contributed by atoms with Gasteiger partial charge in [-0.3, -0.25) is 9.10 Å². The molecular formula is C21H26N2O4S. The molecular weight excluding hydrogens is 376 g/mol. The van der Waals surface area contributed by atoms with Crippen LogP contribution in [0.25, 0.3) is 0 Å². The lowest BCUT2D eigenvalue weighted by atomic mass is 10.1. The molecule has 0 aliphatic carbocycles. The number of fused-ring (bicyclic) bond motifs is 1. The van der Waals surface area contributed by atoms with Gasteiger partial charge in [0, 0.05) is 18.7 Å². The molecule has 1 amide bonds. The van der Waals surface area contributed by atoms with Gasteiger partial charge in [-0.05, 0) is 49.1 Å². The number of ether oxygens (including phenoxy) is 1. The van der Waals surface area contributed by atoms with E-state index in [1.165, 1.54) is 10.6 Å². The minimum Gasteiger partial charge on any atom is -0.478 e. The lowest BCUT2D eigenvalue weighted by Crippen LogP contribution is -2.36. The molecule has 1 N–H and O–H groups in total. The molecule has 1 atom stereocenters. The lowest BCUT2D eigenvalue weighted by Gasteiger charge is -2.21. The Morgan fingerprint density at radius 2 is 2.00 bits per heavy atom. The van der Waals surface area contributed by atoms with Crippen molar-refractivity contribution in [3.05, 3.63) is 53.1 Å². The smallest absolute Gasteiger partial charge is 0.265 e. The Bertz CT molecular complexity index is 1000. The van der Waals surface area contributed by atoms with Crippen LogP contribution in [0.5, 0.6) is 5.75 Å². The zero-order valence-electron chi connectivity index (χ0n) is 16.7. The van der Waals surface area contributed by atoms with Crippen LogP contribution in [0.15, 0.2) is 36.4 Å². The SMILES string of the molecule is CCc1cccc(C)c1NC(=O)[C@@H]1CCN(S(C)(=O)=O)c2cc(C)ccc2O1. The van der Waals surface area contributed by atoms with Crippen LogP contribution in [0.2, 0.25) is 0 Å². The van der Waals surface area contributed by atoms with E-state index in [1.54, 1.807) is 12.1 Å². The highest BCUT2D eigenvalue weighted by atomic mass is 32.2. The van der Waals surface area contributed by atoms with Crippen molar-refractivity contribution < 1.29 is 17.9 Å². The molecule has 0 bridgehead atoms. The second-order valence-electron chi connectivity index (χ2n) is 7.15. The molecule has 0 unspecified atom stereocenters. The number of hydrogen-bond donors (Lipinski definition) is 1. The summed E-state index contributed by atoms with van der Waals surface area (Å²) in [5.41, 5.74) is 4.23. The van der Waals surface area contributed by atoms with Crippen molar-refractivity contribution in [3.8, 4) is 5.75 Å². The van der Waals surface area contributed by atoms with Crippen LogP contribution in [0, 0.1) is 13.8 Å². The molecule has 150 valence electrons. The van der Waals surface area contributed by atoms with Crippen LogP contribution in [-0.4, -0.2) is 33.2 Å². The first kappa shape index (κ1) is 20.2. The minimum atomic E-state index is -3.48. The summed E-state index contributed by atoms with van der Waals surface area (Å²) >= 11 is 0. The van der Waals surface area contributed by atoms with Crippen molar-refractivity contribution >= 4 is 27.3 Å². The number of nitrogens with zero attached hydrogens (tertiary/aromatic N) is 1. The number of anilines is 2. The molecule has 0 radical (unpaired) electrons. The first-order valence-electron chi connectivity index (χ1n) is 9.35. The predicted molar refractivity (Wildman–Crippen MR) is 112 cm³/mol. The van der Waals surface area contributed by atoms with Crippen molar-refractivity contribution in [2.24, 2.45) is 0 Å². The zero-order valence-corrected chi connectivity index (χ0v) is 17.5. The van der Waals surface area contributed by atoms with E-state index in [2.05, 4.69) is 5.32 Å². The van der Waals surface area contributed by atoms with E-state index in [0.717, 1.165) is 28.8 Å². The van der Waals surface area contributed by atoms with Gasteiger partial charge in [-0.25, -0.2) is 8.42 Å². The van der Waals surface area contributed by atoms with E-state index in [1.807, 2.05) is 45.0 Å². The van der Waals surface area contributed by atoms with Crippen molar-refractivity contribution in [2.75, 3.05) is 22.4 Å². The molecule has 0 saturated carbocycles. The van der Waals surface area contributed by atoms with Gasteiger partial charge in [0.1, 0.15) is 5.75 Å². The van der Waals surface area contributed by atoms with Crippen molar-refractivity contribution in [1.82, 2.24) is 0 Å². The largest absolute Gasteiger partial charge is 0.478 e. The molecule has 7 heteroatoms. The molecule has 2 aromatic carbocycles. The number of carbonyl (C=O) groups excluding carboxylic acids is 1. The molecule has 0 spiro atoms.